The molecule has 0 unspecified atom stereocenters. The molecule has 0 spiro atoms. The molecule has 0 aliphatic carbocycles. The van der Waals surface area contributed by atoms with Gasteiger partial charge in [0.1, 0.15) is 23.8 Å². The van der Waals surface area contributed by atoms with Gasteiger partial charge in [0.05, 0.1) is 11.6 Å². The van der Waals surface area contributed by atoms with Gasteiger partial charge in [-0.1, -0.05) is 29.8 Å². The standard InChI is InChI=1S/C22H26ClFN2O3/c1-16-2-7-19(23)20(12-16)29-15-22(28)8-10-26(11-9-22)14-21(27)25-13-17-3-5-18(24)6-4-17/h2-7,12,28H,8-11,13-15H2,1H3,(H,25,27). The third kappa shape index (κ3) is 6.42. The molecule has 1 heterocycles. The van der Waals surface area contributed by atoms with Crippen LogP contribution in [-0.4, -0.2) is 47.8 Å². The van der Waals surface area contributed by atoms with Crippen LogP contribution in [0.5, 0.6) is 5.75 Å². The van der Waals surface area contributed by atoms with Gasteiger partial charge in [-0.15, -0.1) is 0 Å². The molecule has 1 aliphatic rings. The van der Waals surface area contributed by atoms with Gasteiger partial charge >= 0.3 is 0 Å². The van der Waals surface area contributed by atoms with Crippen LogP contribution < -0.4 is 10.1 Å². The van der Waals surface area contributed by atoms with Crippen molar-refractivity contribution in [2.24, 2.45) is 0 Å². The third-order valence-corrected chi connectivity index (χ3v) is 5.45. The number of nitrogens with zero attached hydrogens (tertiary/aromatic N) is 1. The highest BCUT2D eigenvalue weighted by molar-refractivity contribution is 6.32. The summed E-state index contributed by atoms with van der Waals surface area (Å²) in [5.41, 5.74) is 0.950. The lowest BCUT2D eigenvalue weighted by molar-refractivity contribution is -0.124. The van der Waals surface area contributed by atoms with Crippen LogP contribution in [0.15, 0.2) is 42.5 Å². The molecule has 2 aromatic rings. The van der Waals surface area contributed by atoms with Gasteiger partial charge in [-0.2, -0.15) is 0 Å². The zero-order valence-corrected chi connectivity index (χ0v) is 17.2. The van der Waals surface area contributed by atoms with E-state index in [1.165, 1.54) is 12.1 Å². The molecular weight excluding hydrogens is 395 g/mol. The number of carbonyl (C=O) groups excluding carboxylic acids is 1. The van der Waals surface area contributed by atoms with E-state index >= 15 is 0 Å². The number of piperidine rings is 1. The number of carbonyl (C=O) groups is 1. The minimum Gasteiger partial charge on any atom is -0.489 e. The summed E-state index contributed by atoms with van der Waals surface area (Å²) in [5, 5.41) is 14.2. The minimum absolute atomic E-state index is 0.0949. The first-order valence-corrected chi connectivity index (χ1v) is 10.1. The summed E-state index contributed by atoms with van der Waals surface area (Å²) in [6.45, 7) is 3.96. The topological polar surface area (TPSA) is 61.8 Å². The van der Waals surface area contributed by atoms with Crippen molar-refractivity contribution in [3.63, 3.8) is 0 Å². The highest BCUT2D eigenvalue weighted by Crippen LogP contribution is 2.28. The van der Waals surface area contributed by atoms with Crippen LogP contribution in [0.1, 0.15) is 24.0 Å². The van der Waals surface area contributed by atoms with Gasteiger partial charge in [-0.3, -0.25) is 9.69 Å². The Bertz CT molecular complexity index is 836. The largest absolute Gasteiger partial charge is 0.489 e. The van der Waals surface area contributed by atoms with Gasteiger partial charge in [-0.05, 0) is 55.2 Å². The Labute approximate surface area is 175 Å². The molecular formula is C22H26ClFN2O3. The van der Waals surface area contributed by atoms with Crippen molar-refractivity contribution in [3.05, 3.63) is 64.4 Å². The van der Waals surface area contributed by atoms with Crippen LogP contribution in [0.3, 0.4) is 0 Å². The summed E-state index contributed by atoms with van der Waals surface area (Å²) in [6, 6.07) is 11.6. The van der Waals surface area contributed by atoms with E-state index in [1.54, 1.807) is 18.2 Å². The van der Waals surface area contributed by atoms with E-state index in [0.717, 1.165) is 11.1 Å². The van der Waals surface area contributed by atoms with Gasteiger partial charge in [-0.25, -0.2) is 4.39 Å². The van der Waals surface area contributed by atoms with Crippen molar-refractivity contribution < 1.29 is 19.0 Å². The molecule has 1 aliphatic heterocycles. The Kier molecular flexibility index (Phi) is 7.11. The highest BCUT2D eigenvalue weighted by Gasteiger charge is 2.33. The smallest absolute Gasteiger partial charge is 0.234 e. The van der Waals surface area contributed by atoms with Crippen molar-refractivity contribution in [1.82, 2.24) is 10.2 Å². The summed E-state index contributed by atoms with van der Waals surface area (Å²) in [7, 11) is 0. The van der Waals surface area contributed by atoms with E-state index in [1.807, 2.05) is 24.0 Å². The lowest BCUT2D eigenvalue weighted by Crippen LogP contribution is -2.50. The summed E-state index contributed by atoms with van der Waals surface area (Å²) in [6.07, 6.45) is 1.03. The first kappa shape index (κ1) is 21.6. The van der Waals surface area contributed by atoms with Crippen LogP contribution in [0, 0.1) is 12.7 Å². The van der Waals surface area contributed by atoms with Crippen molar-refractivity contribution in [2.75, 3.05) is 26.2 Å². The molecule has 3 rings (SSSR count). The van der Waals surface area contributed by atoms with Gasteiger partial charge in [0.2, 0.25) is 5.91 Å². The number of ether oxygens (including phenoxy) is 1. The molecule has 1 saturated heterocycles. The van der Waals surface area contributed by atoms with Crippen molar-refractivity contribution in [3.8, 4) is 5.75 Å². The van der Waals surface area contributed by atoms with E-state index in [-0.39, 0.29) is 24.9 Å². The maximum absolute atomic E-state index is 12.9. The van der Waals surface area contributed by atoms with Crippen LogP contribution in [0.2, 0.25) is 5.02 Å². The number of benzene rings is 2. The van der Waals surface area contributed by atoms with Crippen molar-refractivity contribution >= 4 is 17.5 Å². The molecule has 0 radical (unpaired) electrons. The first-order chi connectivity index (χ1) is 13.8. The quantitative estimate of drug-likeness (QED) is 0.721. The molecule has 29 heavy (non-hydrogen) atoms. The molecule has 2 aromatic carbocycles. The molecule has 5 nitrogen and oxygen atoms in total. The summed E-state index contributed by atoms with van der Waals surface area (Å²) >= 11 is 6.14. The number of aryl methyl sites for hydroxylation is 1. The molecule has 1 fully saturated rings. The lowest BCUT2D eigenvalue weighted by atomic mass is 9.92. The minimum atomic E-state index is -0.936. The second-order valence-corrected chi connectivity index (χ2v) is 8.03. The molecule has 156 valence electrons. The summed E-state index contributed by atoms with van der Waals surface area (Å²) in [5.74, 6) is 0.180. The molecule has 2 N–H and O–H groups in total. The van der Waals surface area contributed by atoms with E-state index in [4.69, 9.17) is 16.3 Å². The number of hydrogen-bond acceptors (Lipinski definition) is 4. The predicted molar refractivity (Wildman–Crippen MR) is 111 cm³/mol. The Balaban J connectivity index is 1.41. The fourth-order valence-corrected chi connectivity index (χ4v) is 3.44. The lowest BCUT2D eigenvalue weighted by Gasteiger charge is -2.37. The Hall–Kier alpha value is -2.15. The Morgan fingerprint density at radius 1 is 1.24 bits per heavy atom. The Morgan fingerprint density at radius 2 is 1.93 bits per heavy atom. The Morgan fingerprint density at radius 3 is 2.62 bits per heavy atom. The van der Waals surface area contributed by atoms with Crippen molar-refractivity contribution in [1.29, 1.82) is 0 Å². The maximum Gasteiger partial charge on any atom is 0.234 e. The molecule has 1 amide bonds. The fourth-order valence-electron chi connectivity index (χ4n) is 3.27. The molecule has 0 atom stereocenters. The number of rotatable bonds is 7. The van der Waals surface area contributed by atoms with Crippen molar-refractivity contribution in [2.45, 2.75) is 31.9 Å². The van der Waals surface area contributed by atoms with E-state index in [2.05, 4.69) is 5.32 Å². The van der Waals surface area contributed by atoms with Crippen LogP contribution in [0.4, 0.5) is 4.39 Å². The average Bonchev–Trinajstić information content (AvgIpc) is 2.70. The van der Waals surface area contributed by atoms with Crippen LogP contribution in [-0.2, 0) is 11.3 Å². The number of nitrogens with one attached hydrogen (secondary N) is 1. The fraction of sp³-hybridized carbons (Fsp3) is 0.409. The normalized spacial score (nSPS) is 16.4. The molecule has 7 heteroatoms. The summed E-state index contributed by atoms with van der Waals surface area (Å²) in [4.78, 5) is 14.2. The van der Waals surface area contributed by atoms with Gasteiger partial charge in [0.15, 0.2) is 0 Å². The predicted octanol–water partition coefficient (Wildman–Crippen LogP) is 3.31. The highest BCUT2D eigenvalue weighted by atomic mass is 35.5. The SMILES string of the molecule is Cc1ccc(Cl)c(OCC2(O)CCN(CC(=O)NCc3ccc(F)cc3)CC2)c1. The monoisotopic (exact) mass is 420 g/mol. The van der Waals surface area contributed by atoms with E-state index < -0.39 is 5.60 Å². The summed E-state index contributed by atoms with van der Waals surface area (Å²) < 4.78 is 18.7. The van der Waals surface area contributed by atoms with Crippen LogP contribution >= 0.6 is 11.6 Å². The number of hydrogen-bond donors (Lipinski definition) is 2. The van der Waals surface area contributed by atoms with Gasteiger partial charge in [0, 0.05) is 19.6 Å². The molecule has 0 saturated carbocycles. The second kappa shape index (κ2) is 9.57. The van der Waals surface area contributed by atoms with Gasteiger partial charge < -0.3 is 15.2 Å². The number of halogens is 2. The molecule has 0 bridgehead atoms. The van der Waals surface area contributed by atoms with E-state index in [9.17, 15) is 14.3 Å². The second-order valence-electron chi connectivity index (χ2n) is 7.63. The van der Waals surface area contributed by atoms with E-state index in [0.29, 0.717) is 43.2 Å². The maximum atomic E-state index is 12.9. The average molecular weight is 421 g/mol. The molecule has 0 aromatic heterocycles. The zero-order chi connectivity index (χ0) is 20.9. The number of likely N-dealkylation sites (tertiary alicyclic amines) is 1. The van der Waals surface area contributed by atoms with Gasteiger partial charge in [0.25, 0.3) is 0 Å². The number of aliphatic hydroxyl groups is 1. The third-order valence-electron chi connectivity index (χ3n) is 5.14. The van der Waals surface area contributed by atoms with Crippen LogP contribution in [0.25, 0.3) is 0 Å². The number of amides is 1. The zero-order valence-electron chi connectivity index (χ0n) is 16.5. The first-order valence-electron chi connectivity index (χ1n) is 9.68.